The van der Waals surface area contributed by atoms with Gasteiger partial charge in [-0.25, -0.2) is 0 Å². The molecule has 16 heavy (non-hydrogen) atoms. The van der Waals surface area contributed by atoms with Crippen molar-refractivity contribution in [1.29, 1.82) is 0 Å². The first-order chi connectivity index (χ1) is 7.63. The van der Waals surface area contributed by atoms with Gasteiger partial charge in [-0.1, -0.05) is 13.8 Å². The summed E-state index contributed by atoms with van der Waals surface area (Å²) in [5.74, 6) is 3.77. The van der Waals surface area contributed by atoms with Crippen LogP contribution in [0.4, 0.5) is 0 Å². The Balaban J connectivity index is 1.47. The van der Waals surface area contributed by atoms with Gasteiger partial charge in [0.1, 0.15) is 0 Å². The first-order valence-corrected chi connectivity index (χ1v) is 8.13. The molecule has 92 valence electrons. The molecule has 0 amide bonds. The molecule has 0 aromatic carbocycles. The summed E-state index contributed by atoms with van der Waals surface area (Å²) in [6, 6.07) is 0.670. The lowest BCUT2D eigenvalue weighted by atomic mass is 9.69. The zero-order valence-corrected chi connectivity index (χ0v) is 11.2. The minimum atomic E-state index is -0.486. The van der Waals surface area contributed by atoms with Gasteiger partial charge in [-0.05, 0) is 37.0 Å². The molecule has 0 aromatic rings. The first-order valence-electron chi connectivity index (χ1n) is 6.74. The molecule has 3 rings (SSSR count). The molecular formula is C13H23NOS. The normalized spacial score (nSPS) is 47.6. The predicted octanol–water partition coefficient (Wildman–Crippen LogP) is 1.87. The minimum Gasteiger partial charge on any atom is -0.298 e. The van der Waals surface area contributed by atoms with Gasteiger partial charge in [-0.3, -0.25) is 9.11 Å². The molecule has 3 atom stereocenters. The second-order valence-corrected chi connectivity index (χ2v) is 8.12. The summed E-state index contributed by atoms with van der Waals surface area (Å²) in [5.41, 5.74) is 0. The van der Waals surface area contributed by atoms with Gasteiger partial charge in [0, 0.05) is 40.9 Å². The molecule has 2 bridgehead atoms. The van der Waals surface area contributed by atoms with Crippen LogP contribution in [0.25, 0.3) is 0 Å². The molecule has 0 spiro atoms. The maximum atomic E-state index is 11.6. The zero-order chi connectivity index (χ0) is 11.3. The monoisotopic (exact) mass is 241 g/mol. The van der Waals surface area contributed by atoms with E-state index in [0.717, 1.165) is 30.1 Å². The van der Waals surface area contributed by atoms with Crippen molar-refractivity contribution in [3.8, 4) is 0 Å². The van der Waals surface area contributed by atoms with Gasteiger partial charge >= 0.3 is 0 Å². The van der Waals surface area contributed by atoms with Crippen LogP contribution in [0.15, 0.2) is 0 Å². The SMILES string of the molecule is CC(C)C1CC(CN2C[C@@H]3C[C@H]2C[S@]3=O)C1. The average Bonchev–Trinajstić information content (AvgIpc) is 2.68. The predicted molar refractivity (Wildman–Crippen MR) is 67.8 cm³/mol. The fraction of sp³-hybridized carbons (Fsp3) is 1.00. The lowest BCUT2D eigenvalue weighted by Crippen LogP contribution is -2.44. The van der Waals surface area contributed by atoms with Gasteiger partial charge in [-0.2, -0.15) is 0 Å². The van der Waals surface area contributed by atoms with Crippen molar-refractivity contribution in [2.45, 2.75) is 44.4 Å². The molecule has 0 radical (unpaired) electrons. The summed E-state index contributed by atoms with van der Waals surface area (Å²) < 4.78 is 11.6. The summed E-state index contributed by atoms with van der Waals surface area (Å²) in [7, 11) is -0.486. The van der Waals surface area contributed by atoms with E-state index in [1.165, 1.54) is 25.8 Å². The van der Waals surface area contributed by atoms with Gasteiger partial charge in [0.05, 0.1) is 0 Å². The van der Waals surface area contributed by atoms with Gasteiger partial charge in [0.25, 0.3) is 0 Å². The van der Waals surface area contributed by atoms with E-state index in [-0.39, 0.29) is 0 Å². The van der Waals surface area contributed by atoms with Crippen LogP contribution >= 0.6 is 0 Å². The van der Waals surface area contributed by atoms with Crippen molar-refractivity contribution in [2.24, 2.45) is 17.8 Å². The second-order valence-electron chi connectivity index (χ2n) is 6.35. The van der Waals surface area contributed by atoms with Gasteiger partial charge in [-0.15, -0.1) is 0 Å². The van der Waals surface area contributed by atoms with Crippen molar-refractivity contribution in [2.75, 3.05) is 18.8 Å². The van der Waals surface area contributed by atoms with Gasteiger partial charge < -0.3 is 0 Å². The summed E-state index contributed by atoms with van der Waals surface area (Å²) in [5, 5.41) is 0.519. The van der Waals surface area contributed by atoms with Crippen molar-refractivity contribution in [3.05, 3.63) is 0 Å². The van der Waals surface area contributed by atoms with Crippen LogP contribution in [0.5, 0.6) is 0 Å². The van der Waals surface area contributed by atoms with Crippen LogP contribution in [0.2, 0.25) is 0 Å². The second kappa shape index (κ2) is 4.09. The highest BCUT2D eigenvalue weighted by Crippen LogP contribution is 2.41. The van der Waals surface area contributed by atoms with E-state index in [4.69, 9.17) is 0 Å². The minimum absolute atomic E-state index is 0.486. The number of fused-ring (bicyclic) bond motifs is 2. The number of hydrogen-bond acceptors (Lipinski definition) is 2. The van der Waals surface area contributed by atoms with Crippen molar-refractivity contribution >= 4 is 10.8 Å². The van der Waals surface area contributed by atoms with E-state index in [1.807, 2.05) is 0 Å². The summed E-state index contributed by atoms with van der Waals surface area (Å²) in [4.78, 5) is 2.63. The molecule has 1 aliphatic carbocycles. The Labute approximate surface area is 101 Å². The number of rotatable bonds is 3. The highest BCUT2D eigenvalue weighted by atomic mass is 32.2. The summed E-state index contributed by atoms with van der Waals surface area (Å²) in [6.07, 6.45) is 4.09. The molecule has 3 fully saturated rings. The molecular weight excluding hydrogens is 218 g/mol. The van der Waals surface area contributed by atoms with Crippen molar-refractivity contribution < 1.29 is 4.21 Å². The fourth-order valence-electron chi connectivity index (χ4n) is 3.66. The third-order valence-corrected chi connectivity index (χ3v) is 6.72. The van der Waals surface area contributed by atoms with Gasteiger partial charge in [0.2, 0.25) is 0 Å². The largest absolute Gasteiger partial charge is 0.298 e. The lowest BCUT2D eigenvalue weighted by Gasteiger charge is -2.41. The van der Waals surface area contributed by atoms with E-state index in [9.17, 15) is 4.21 Å². The van der Waals surface area contributed by atoms with Crippen LogP contribution in [-0.4, -0.2) is 39.2 Å². The smallest absolute Gasteiger partial charge is 0.0491 e. The zero-order valence-electron chi connectivity index (χ0n) is 10.4. The van der Waals surface area contributed by atoms with Crippen LogP contribution in [0.1, 0.15) is 33.1 Å². The highest BCUT2D eigenvalue weighted by molar-refractivity contribution is 7.86. The maximum Gasteiger partial charge on any atom is 0.0491 e. The molecule has 3 heteroatoms. The average molecular weight is 241 g/mol. The number of nitrogens with zero attached hydrogens (tertiary/aromatic N) is 1. The Kier molecular flexibility index (Phi) is 2.87. The Bertz CT molecular complexity index is 298. The van der Waals surface area contributed by atoms with Crippen LogP contribution < -0.4 is 0 Å². The number of hydrogen-bond donors (Lipinski definition) is 0. The third-order valence-electron chi connectivity index (χ3n) is 4.93. The quantitative estimate of drug-likeness (QED) is 0.752. The summed E-state index contributed by atoms with van der Waals surface area (Å²) >= 11 is 0. The van der Waals surface area contributed by atoms with Gasteiger partial charge in [0.15, 0.2) is 0 Å². The van der Waals surface area contributed by atoms with E-state index in [1.54, 1.807) is 0 Å². The van der Waals surface area contributed by atoms with E-state index in [0.29, 0.717) is 11.3 Å². The van der Waals surface area contributed by atoms with Crippen molar-refractivity contribution in [1.82, 2.24) is 4.90 Å². The molecule has 3 aliphatic rings. The Morgan fingerprint density at radius 2 is 2.06 bits per heavy atom. The topological polar surface area (TPSA) is 20.3 Å². The molecule has 2 nitrogen and oxygen atoms in total. The standard InChI is InChI=1S/C13H23NOS/c1-9(2)11-3-10(4-11)6-14-7-13-5-12(14)8-16(13)15/h9-13H,3-8H2,1-2H3/t10?,11?,12-,13-,16+/m0/s1. The first kappa shape index (κ1) is 11.2. The van der Waals surface area contributed by atoms with Crippen LogP contribution in [0, 0.1) is 17.8 Å². The Hall–Kier alpha value is 0.110. The molecule has 0 unspecified atom stereocenters. The van der Waals surface area contributed by atoms with E-state index >= 15 is 0 Å². The fourth-order valence-corrected chi connectivity index (χ4v) is 5.46. The van der Waals surface area contributed by atoms with E-state index < -0.39 is 10.8 Å². The number of likely N-dealkylation sites (tertiary alicyclic amines) is 1. The lowest BCUT2D eigenvalue weighted by molar-refractivity contribution is 0.0925. The molecule has 1 saturated carbocycles. The molecule has 2 aliphatic heterocycles. The maximum absolute atomic E-state index is 11.6. The highest BCUT2D eigenvalue weighted by Gasteiger charge is 2.44. The summed E-state index contributed by atoms with van der Waals surface area (Å²) in [6.45, 7) is 7.12. The Morgan fingerprint density at radius 1 is 1.31 bits per heavy atom. The molecule has 2 saturated heterocycles. The van der Waals surface area contributed by atoms with E-state index in [2.05, 4.69) is 18.7 Å². The molecule has 2 heterocycles. The van der Waals surface area contributed by atoms with Crippen molar-refractivity contribution in [3.63, 3.8) is 0 Å². The van der Waals surface area contributed by atoms with Crippen LogP contribution in [-0.2, 0) is 10.8 Å². The molecule has 0 N–H and O–H groups in total. The Morgan fingerprint density at radius 3 is 2.56 bits per heavy atom. The third kappa shape index (κ3) is 1.86. The van der Waals surface area contributed by atoms with Crippen LogP contribution in [0.3, 0.4) is 0 Å². The molecule has 0 aromatic heterocycles.